The molecule has 2 N–H and O–H groups in total. The van der Waals surface area contributed by atoms with E-state index in [2.05, 4.69) is 10.1 Å². The first-order valence-corrected chi connectivity index (χ1v) is 6.70. The normalized spacial score (nSPS) is 12.6. The maximum Gasteiger partial charge on any atom is 0.387 e. The average Bonchev–Trinajstić information content (AvgIpc) is 2.45. The van der Waals surface area contributed by atoms with Crippen molar-refractivity contribution in [3.8, 4) is 5.75 Å². The fourth-order valence-electron chi connectivity index (χ4n) is 1.77. The second-order valence-electron chi connectivity index (χ2n) is 4.38. The molecule has 1 atom stereocenters. The number of rotatable bonds is 8. The molecule has 0 fully saturated rings. The zero-order chi connectivity index (χ0) is 15.7. The van der Waals surface area contributed by atoms with E-state index >= 15 is 0 Å². The number of amides is 1. The molecule has 0 aliphatic carbocycles. The number of para-hydroxylation sites is 1. The van der Waals surface area contributed by atoms with Crippen LogP contribution in [0.25, 0.3) is 6.08 Å². The number of benzene rings is 1. The number of carbonyl (C=O) groups is 1. The van der Waals surface area contributed by atoms with Crippen LogP contribution >= 0.6 is 0 Å². The van der Waals surface area contributed by atoms with Crippen molar-refractivity contribution in [3.05, 3.63) is 35.9 Å². The lowest BCUT2D eigenvalue weighted by molar-refractivity contribution is -0.117. The first-order valence-electron chi connectivity index (χ1n) is 6.70. The Balaban J connectivity index is 2.69. The van der Waals surface area contributed by atoms with Gasteiger partial charge in [-0.25, -0.2) is 0 Å². The minimum atomic E-state index is -2.91. The molecular formula is C15H19F2NO3. The van der Waals surface area contributed by atoms with Gasteiger partial charge < -0.3 is 15.2 Å². The van der Waals surface area contributed by atoms with Crippen LogP contribution in [0.1, 0.15) is 25.3 Å². The first kappa shape index (κ1) is 17.1. The number of alkyl halides is 2. The highest BCUT2D eigenvalue weighted by molar-refractivity contribution is 5.92. The van der Waals surface area contributed by atoms with Gasteiger partial charge in [0, 0.05) is 24.3 Å². The smallest absolute Gasteiger partial charge is 0.387 e. The van der Waals surface area contributed by atoms with Crippen LogP contribution in [0.2, 0.25) is 0 Å². The van der Waals surface area contributed by atoms with Gasteiger partial charge in [-0.1, -0.05) is 25.1 Å². The number of halogens is 2. The molecule has 0 spiro atoms. The zero-order valence-electron chi connectivity index (χ0n) is 11.8. The van der Waals surface area contributed by atoms with E-state index in [1.807, 2.05) is 6.92 Å². The van der Waals surface area contributed by atoms with Crippen LogP contribution < -0.4 is 10.1 Å². The van der Waals surface area contributed by atoms with Crippen molar-refractivity contribution < 1.29 is 23.4 Å². The van der Waals surface area contributed by atoms with Crippen LogP contribution in [0.4, 0.5) is 8.78 Å². The lowest BCUT2D eigenvalue weighted by atomic mass is 10.1. The summed E-state index contributed by atoms with van der Waals surface area (Å²) < 4.78 is 28.9. The highest BCUT2D eigenvalue weighted by Crippen LogP contribution is 2.21. The quantitative estimate of drug-likeness (QED) is 0.725. The molecule has 1 aromatic rings. The van der Waals surface area contributed by atoms with Crippen LogP contribution in [0.15, 0.2) is 30.3 Å². The van der Waals surface area contributed by atoms with E-state index in [4.69, 9.17) is 5.11 Å². The van der Waals surface area contributed by atoms with Gasteiger partial charge in [0.2, 0.25) is 5.91 Å². The summed E-state index contributed by atoms with van der Waals surface area (Å²) in [7, 11) is 0. The lowest BCUT2D eigenvalue weighted by Gasteiger charge is -2.14. The van der Waals surface area contributed by atoms with E-state index in [1.54, 1.807) is 18.2 Å². The van der Waals surface area contributed by atoms with Gasteiger partial charge in [0.05, 0.1) is 0 Å². The summed E-state index contributed by atoms with van der Waals surface area (Å²) in [6.07, 6.45) is 3.85. The number of carbonyl (C=O) groups excluding carboxylic acids is 1. The molecule has 0 saturated heterocycles. The molecule has 1 aromatic carbocycles. The third kappa shape index (κ3) is 6.35. The Morgan fingerprint density at radius 2 is 2.14 bits per heavy atom. The summed E-state index contributed by atoms with van der Waals surface area (Å²) in [5, 5.41) is 11.6. The number of ether oxygens (including phenoxy) is 1. The van der Waals surface area contributed by atoms with Crippen molar-refractivity contribution in [2.45, 2.75) is 32.4 Å². The van der Waals surface area contributed by atoms with Gasteiger partial charge in [-0.05, 0) is 25.0 Å². The summed E-state index contributed by atoms with van der Waals surface area (Å²) in [4.78, 5) is 11.7. The molecule has 0 aliphatic heterocycles. The van der Waals surface area contributed by atoms with Gasteiger partial charge >= 0.3 is 6.61 Å². The fraction of sp³-hybridized carbons (Fsp3) is 0.400. The molecule has 0 aromatic heterocycles. The maximum absolute atomic E-state index is 12.3. The number of hydrogen-bond acceptors (Lipinski definition) is 3. The van der Waals surface area contributed by atoms with Gasteiger partial charge in [-0.3, -0.25) is 4.79 Å². The molecule has 6 heteroatoms. The van der Waals surface area contributed by atoms with Crippen LogP contribution in [0.5, 0.6) is 5.75 Å². The number of aliphatic hydroxyl groups is 1. The third-order valence-corrected chi connectivity index (χ3v) is 2.87. The number of aliphatic hydroxyl groups excluding tert-OH is 1. The molecular weight excluding hydrogens is 280 g/mol. The van der Waals surface area contributed by atoms with Crippen molar-refractivity contribution in [1.82, 2.24) is 5.32 Å². The lowest BCUT2D eigenvalue weighted by Crippen LogP contribution is -2.33. The second-order valence-corrected chi connectivity index (χ2v) is 4.38. The zero-order valence-corrected chi connectivity index (χ0v) is 11.8. The maximum atomic E-state index is 12.3. The van der Waals surface area contributed by atoms with Gasteiger partial charge in [-0.15, -0.1) is 0 Å². The van der Waals surface area contributed by atoms with Gasteiger partial charge in [0.25, 0.3) is 0 Å². The molecule has 21 heavy (non-hydrogen) atoms. The Bertz CT molecular complexity index is 478. The van der Waals surface area contributed by atoms with E-state index in [-0.39, 0.29) is 24.3 Å². The summed E-state index contributed by atoms with van der Waals surface area (Å²) in [5.41, 5.74) is 0.392. The highest BCUT2D eigenvalue weighted by atomic mass is 19.3. The van der Waals surface area contributed by atoms with E-state index < -0.39 is 6.61 Å². The predicted molar refractivity (Wildman–Crippen MR) is 76.0 cm³/mol. The largest absolute Gasteiger partial charge is 0.434 e. The minimum Gasteiger partial charge on any atom is -0.434 e. The topological polar surface area (TPSA) is 58.6 Å². The predicted octanol–water partition coefficient (Wildman–Crippen LogP) is 2.58. The summed E-state index contributed by atoms with van der Waals surface area (Å²) in [6.45, 7) is -1.02. The molecule has 1 amide bonds. The van der Waals surface area contributed by atoms with Crippen molar-refractivity contribution in [2.75, 3.05) is 6.61 Å². The first-order chi connectivity index (χ1) is 10.1. The monoisotopic (exact) mass is 299 g/mol. The third-order valence-electron chi connectivity index (χ3n) is 2.87. The second kappa shape index (κ2) is 9.07. The number of hydrogen-bond donors (Lipinski definition) is 2. The van der Waals surface area contributed by atoms with E-state index in [0.717, 1.165) is 0 Å². The van der Waals surface area contributed by atoms with Crippen LogP contribution in [0, 0.1) is 0 Å². The number of nitrogens with one attached hydrogen (secondary N) is 1. The van der Waals surface area contributed by atoms with Crippen molar-refractivity contribution in [2.24, 2.45) is 0 Å². The standard InChI is InChI=1S/C15H19F2NO3/c1-2-12(9-10-19)18-14(20)8-7-11-5-3-4-6-13(11)21-15(16)17/h3-8,12,15,19H,2,9-10H2,1H3,(H,18,20)/b8-7+. The van der Waals surface area contributed by atoms with E-state index in [1.165, 1.54) is 18.2 Å². The fourth-order valence-corrected chi connectivity index (χ4v) is 1.77. The molecule has 0 bridgehead atoms. The van der Waals surface area contributed by atoms with Gasteiger partial charge in [0.1, 0.15) is 5.75 Å². The van der Waals surface area contributed by atoms with E-state index in [0.29, 0.717) is 18.4 Å². The van der Waals surface area contributed by atoms with Crippen molar-refractivity contribution >= 4 is 12.0 Å². The Kier molecular flexibility index (Phi) is 7.39. The van der Waals surface area contributed by atoms with Crippen LogP contribution in [0.3, 0.4) is 0 Å². The molecule has 116 valence electrons. The Labute approximate surface area is 122 Å². The molecule has 0 radical (unpaired) electrons. The van der Waals surface area contributed by atoms with Crippen molar-refractivity contribution in [1.29, 1.82) is 0 Å². The van der Waals surface area contributed by atoms with Gasteiger partial charge in [0.15, 0.2) is 0 Å². The molecule has 0 saturated carbocycles. The average molecular weight is 299 g/mol. The molecule has 4 nitrogen and oxygen atoms in total. The Hall–Kier alpha value is -1.95. The Morgan fingerprint density at radius 1 is 1.43 bits per heavy atom. The van der Waals surface area contributed by atoms with Crippen LogP contribution in [-0.2, 0) is 4.79 Å². The summed E-state index contributed by atoms with van der Waals surface area (Å²) in [6, 6.07) is 6.11. The highest BCUT2D eigenvalue weighted by Gasteiger charge is 2.09. The Morgan fingerprint density at radius 3 is 2.76 bits per heavy atom. The summed E-state index contributed by atoms with van der Waals surface area (Å²) >= 11 is 0. The molecule has 1 rings (SSSR count). The SMILES string of the molecule is CCC(CCO)NC(=O)/C=C/c1ccccc1OC(F)F. The van der Waals surface area contributed by atoms with Crippen LogP contribution in [-0.4, -0.2) is 30.3 Å². The molecule has 0 aliphatic rings. The van der Waals surface area contributed by atoms with E-state index in [9.17, 15) is 13.6 Å². The summed E-state index contributed by atoms with van der Waals surface area (Å²) in [5.74, 6) is -0.332. The van der Waals surface area contributed by atoms with Gasteiger partial charge in [-0.2, -0.15) is 8.78 Å². The molecule has 1 unspecified atom stereocenters. The minimum absolute atomic E-state index is 0.00639. The van der Waals surface area contributed by atoms with Crippen molar-refractivity contribution in [3.63, 3.8) is 0 Å². The molecule has 0 heterocycles.